The van der Waals surface area contributed by atoms with Crippen molar-refractivity contribution in [2.45, 2.75) is 5.88 Å². The van der Waals surface area contributed by atoms with Crippen molar-refractivity contribution in [2.75, 3.05) is 0 Å². The first kappa shape index (κ1) is 11.9. The number of ether oxygens (including phenoxy) is 1. The number of halogens is 1. The quantitative estimate of drug-likeness (QED) is 0.670. The van der Waals surface area contributed by atoms with Gasteiger partial charge in [0.2, 0.25) is 0 Å². The minimum absolute atomic E-state index is 0.368. The third-order valence-electron chi connectivity index (χ3n) is 2.73. The van der Waals surface area contributed by atoms with Crippen LogP contribution in [-0.2, 0) is 5.88 Å². The molecule has 2 aromatic heterocycles. The number of alkyl halides is 1. The molecule has 0 N–H and O–H groups in total. The standard InChI is InChI=1S/C15H11ClN2O/c16-9-12-8-13(5-6-17-12)19-14-7-11-3-1-2-4-15(11)18-10-14/h1-8,10H,9H2. The van der Waals surface area contributed by atoms with Gasteiger partial charge in [-0.05, 0) is 18.2 Å². The van der Waals surface area contributed by atoms with Crippen LogP contribution in [0.25, 0.3) is 10.9 Å². The Bertz CT molecular complexity index is 715. The van der Waals surface area contributed by atoms with Crippen LogP contribution < -0.4 is 4.74 Å². The van der Waals surface area contributed by atoms with Crippen molar-refractivity contribution in [1.82, 2.24) is 9.97 Å². The number of para-hydroxylation sites is 1. The molecule has 0 aliphatic rings. The van der Waals surface area contributed by atoms with Gasteiger partial charge >= 0.3 is 0 Å². The number of aromatic nitrogens is 2. The Morgan fingerprint density at radius 3 is 2.79 bits per heavy atom. The highest BCUT2D eigenvalue weighted by atomic mass is 35.5. The smallest absolute Gasteiger partial charge is 0.146 e. The third-order valence-corrected chi connectivity index (χ3v) is 3.00. The lowest BCUT2D eigenvalue weighted by atomic mass is 10.2. The number of hydrogen-bond donors (Lipinski definition) is 0. The zero-order chi connectivity index (χ0) is 13.1. The van der Waals surface area contributed by atoms with Gasteiger partial charge in [-0.1, -0.05) is 18.2 Å². The van der Waals surface area contributed by atoms with E-state index in [1.807, 2.05) is 36.4 Å². The number of fused-ring (bicyclic) bond motifs is 1. The van der Waals surface area contributed by atoms with Gasteiger partial charge in [-0.2, -0.15) is 0 Å². The van der Waals surface area contributed by atoms with E-state index in [9.17, 15) is 0 Å². The van der Waals surface area contributed by atoms with Crippen LogP contribution in [0.3, 0.4) is 0 Å². The minimum atomic E-state index is 0.368. The Labute approximate surface area is 115 Å². The molecule has 1 aromatic carbocycles. The average Bonchev–Trinajstić information content (AvgIpc) is 2.47. The third kappa shape index (κ3) is 2.66. The molecule has 2 heterocycles. The van der Waals surface area contributed by atoms with Crippen LogP contribution in [0.5, 0.6) is 11.5 Å². The summed E-state index contributed by atoms with van der Waals surface area (Å²) in [6.07, 6.45) is 3.39. The maximum absolute atomic E-state index is 5.77. The Balaban J connectivity index is 1.92. The molecule has 3 nitrogen and oxygen atoms in total. The second-order valence-electron chi connectivity index (χ2n) is 4.08. The van der Waals surface area contributed by atoms with Gasteiger partial charge in [0.05, 0.1) is 23.3 Å². The topological polar surface area (TPSA) is 35.0 Å². The summed E-state index contributed by atoms with van der Waals surface area (Å²) in [6, 6.07) is 13.5. The fourth-order valence-corrected chi connectivity index (χ4v) is 1.98. The Morgan fingerprint density at radius 1 is 1.00 bits per heavy atom. The van der Waals surface area contributed by atoms with E-state index in [1.165, 1.54) is 0 Å². The van der Waals surface area contributed by atoms with E-state index in [4.69, 9.17) is 16.3 Å². The summed E-state index contributed by atoms with van der Waals surface area (Å²) < 4.78 is 5.77. The lowest BCUT2D eigenvalue weighted by Crippen LogP contribution is -1.89. The van der Waals surface area contributed by atoms with Crippen molar-refractivity contribution in [3.8, 4) is 11.5 Å². The van der Waals surface area contributed by atoms with Crippen molar-refractivity contribution in [3.63, 3.8) is 0 Å². The van der Waals surface area contributed by atoms with E-state index >= 15 is 0 Å². The summed E-state index contributed by atoms with van der Waals surface area (Å²) in [5.41, 5.74) is 1.74. The van der Waals surface area contributed by atoms with E-state index in [2.05, 4.69) is 9.97 Å². The maximum Gasteiger partial charge on any atom is 0.146 e. The maximum atomic E-state index is 5.77. The lowest BCUT2D eigenvalue weighted by molar-refractivity contribution is 0.480. The highest BCUT2D eigenvalue weighted by Crippen LogP contribution is 2.24. The first-order valence-electron chi connectivity index (χ1n) is 5.89. The molecule has 0 amide bonds. The molecule has 0 atom stereocenters. The molecule has 3 rings (SSSR count). The van der Waals surface area contributed by atoms with Gasteiger partial charge in [0.25, 0.3) is 0 Å². The monoisotopic (exact) mass is 270 g/mol. The van der Waals surface area contributed by atoms with Crippen molar-refractivity contribution in [2.24, 2.45) is 0 Å². The Kier molecular flexibility index (Phi) is 3.29. The first-order chi connectivity index (χ1) is 9.35. The SMILES string of the molecule is ClCc1cc(Oc2cnc3ccccc3c2)ccn1. The Morgan fingerprint density at radius 2 is 1.89 bits per heavy atom. The molecule has 4 heteroatoms. The summed E-state index contributed by atoms with van der Waals surface area (Å²) in [6.45, 7) is 0. The van der Waals surface area contributed by atoms with Crippen molar-refractivity contribution in [3.05, 3.63) is 60.6 Å². The molecule has 0 radical (unpaired) electrons. The number of rotatable bonds is 3. The van der Waals surface area contributed by atoms with Crippen LogP contribution in [-0.4, -0.2) is 9.97 Å². The summed E-state index contributed by atoms with van der Waals surface area (Å²) in [5, 5.41) is 1.05. The molecule has 0 saturated heterocycles. The molecule has 0 spiro atoms. The molecule has 0 bridgehead atoms. The predicted octanol–water partition coefficient (Wildman–Crippen LogP) is 4.16. The fourth-order valence-electron chi connectivity index (χ4n) is 1.84. The van der Waals surface area contributed by atoms with Gasteiger partial charge < -0.3 is 4.74 Å². The van der Waals surface area contributed by atoms with Gasteiger partial charge in [-0.3, -0.25) is 9.97 Å². The molecule has 0 fully saturated rings. The fraction of sp³-hybridized carbons (Fsp3) is 0.0667. The normalized spacial score (nSPS) is 10.6. The molecular formula is C15H11ClN2O. The minimum Gasteiger partial charge on any atom is -0.456 e. The second kappa shape index (κ2) is 5.24. The van der Waals surface area contributed by atoms with E-state index in [0.29, 0.717) is 17.4 Å². The molecule has 0 aliphatic carbocycles. The summed E-state index contributed by atoms with van der Waals surface area (Å²) in [5.74, 6) is 1.78. The van der Waals surface area contributed by atoms with Crippen molar-refractivity contribution >= 4 is 22.5 Å². The number of benzene rings is 1. The summed E-state index contributed by atoms with van der Waals surface area (Å²) in [7, 11) is 0. The van der Waals surface area contributed by atoms with Gasteiger partial charge in [-0.15, -0.1) is 11.6 Å². The molecule has 0 unspecified atom stereocenters. The van der Waals surface area contributed by atoms with Crippen LogP contribution in [0.1, 0.15) is 5.69 Å². The summed E-state index contributed by atoms with van der Waals surface area (Å²) >= 11 is 5.75. The van der Waals surface area contributed by atoms with Gasteiger partial charge in [0, 0.05) is 17.6 Å². The van der Waals surface area contributed by atoms with Gasteiger partial charge in [0.1, 0.15) is 11.5 Å². The van der Waals surface area contributed by atoms with E-state index < -0.39 is 0 Å². The number of pyridine rings is 2. The molecule has 94 valence electrons. The van der Waals surface area contributed by atoms with Crippen LogP contribution in [0, 0.1) is 0 Å². The molecule has 3 aromatic rings. The highest BCUT2D eigenvalue weighted by molar-refractivity contribution is 6.16. The number of nitrogens with zero attached hydrogens (tertiary/aromatic N) is 2. The van der Waals surface area contributed by atoms with Crippen LogP contribution in [0.2, 0.25) is 0 Å². The van der Waals surface area contributed by atoms with Crippen molar-refractivity contribution < 1.29 is 4.74 Å². The zero-order valence-electron chi connectivity index (χ0n) is 10.1. The van der Waals surface area contributed by atoms with Crippen LogP contribution >= 0.6 is 11.6 Å². The largest absolute Gasteiger partial charge is 0.456 e. The van der Waals surface area contributed by atoms with E-state index in [0.717, 1.165) is 16.6 Å². The van der Waals surface area contributed by atoms with E-state index in [1.54, 1.807) is 18.5 Å². The van der Waals surface area contributed by atoms with Crippen LogP contribution in [0.4, 0.5) is 0 Å². The van der Waals surface area contributed by atoms with E-state index in [-0.39, 0.29) is 0 Å². The molecule has 0 aliphatic heterocycles. The second-order valence-corrected chi connectivity index (χ2v) is 4.35. The van der Waals surface area contributed by atoms with Crippen LogP contribution in [0.15, 0.2) is 54.9 Å². The molecule has 19 heavy (non-hydrogen) atoms. The first-order valence-corrected chi connectivity index (χ1v) is 6.42. The number of hydrogen-bond acceptors (Lipinski definition) is 3. The highest BCUT2D eigenvalue weighted by Gasteiger charge is 2.01. The summed E-state index contributed by atoms with van der Waals surface area (Å²) in [4.78, 5) is 8.48. The van der Waals surface area contributed by atoms with Crippen molar-refractivity contribution in [1.29, 1.82) is 0 Å². The molecule has 0 saturated carbocycles. The van der Waals surface area contributed by atoms with Gasteiger partial charge in [-0.25, -0.2) is 0 Å². The van der Waals surface area contributed by atoms with Gasteiger partial charge in [0.15, 0.2) is 0 Å². The average molecular weight is 271 g/mol. The lowest BCUT2D eigenvalue weighted by Gasteiger charge is -2.07. The zero-order valence-corrected chi connectivity index (χ0v) is 10.8. The predicted molar refractivity (Wildman–Crippen MR) is 75.6 cm³/mol. The molecular weight excluding hydrogens is 260 g/mol. The Hall–Kier alpha value is -2.13.